The standard InChI is InChI=1S/C23H34N6/c1-5-28-10-12-29(13-11-28)22-9-7-20(15-25-22)16-26-23(24-4)27-17-21-8-6-18(2)14-19(21)3/h6-9,14-15H,5,10-13,16-17H2,1-4H3,(H2,24,26,27). The van der Waals surface area contributed by atoms with Gasteiger partial charge in [-0.25, -0.2) is 4.98 Å². The van der Waals surface area contributed by atoms with Gasteiger partial charge in [-0.1, -0.05) is 36.8 Å². The van der Waals surface area contributed by atoms with Gasteiger partial charge in [-0.3, -0.25) is 4.99 Å². The van der Waals surface area contributed by atoms with Crippen molar-refractivity contribution < 1.29 is 0 Å². The second kappa shape index (κ2) is 10.3. The molecule has 0 radical (unpaired) electrons. The molecule has 1 aromatic carbocycles. The summed E-state index contributed by atoms with van der Waals surface area (Å²) in [7, 11) is 1.80. The maximum atomic E-state index is 4.68. The van der Waals surface area contributed by atoms with E-state index in [1.807, 2.05) is 6.20 Å². The Morgan fingerprint density at radius 3 is 2.41 bits per heavy atom. The van der Waals surface area contributed by atoms with Gasteiger partial charge in [0.15, 0.2) is 5.96 Å². The minimum Gasteiger partial charge on any atom is -0.354 e. The predicted octanol–water partition coefficient (Wildman–Crippen LogP) is 2.71. The lowest BCUT2D eigenvalue weighted by atomic mass is 10.1. The Morgan fingerprint density at radius 2 is 1.79 bits per heavy atom. The van der Waals surface area contributed by atoms with Gasteiger partial charge in [0, 0.05) is 52.5 Å². The smallest absolute Gasteiger partial charge is 0.191 e. The number of piperazine rings is 1. The second-order valence-electron chi connectivity index (χ2n) is 7.66. The minimum atomic E-state index is 0.698. The molecular weight excluding hydrogens is 360 g/mol. The number of aryl methyl sites for hydroxylation is 2. The lowest BCUT2D eigenvalue weighted by molar-refractivity contribution is 0.270. The number of nitrogens with zero attached hydrogens (tertiary/aromatic N) is 4. The first-order chi connectivity index (χ1) is 14.1. The van der Waals surface area contributed by atoms with Crippen molar-refractivity contribution in [1.29, 1.82) is 0 Å². The van der Waals surface area contributed by atoms with Crippen LogP contribution in [0.1, 0.15) is 29.2 Å². The molecule has 2 N–H and O–H groups in total. The number of nitrogens with one attached hydrogen (secondary N) is 2. The number of anilines is 1. The first-order valence-electron chi connectivity index (χ1n) is 10.5. The summed E-state index contributed by atoms with van der Waals surface area (Å²) in [5.41, 5.74) is 5.02. The molecule has 0 atom stereocenters. The zero-order valence-corrected chi connectivity index (χ0v) is 18.2. The van der Waals surface area contributed by atoms with Gasteiger partial charge in [0.1, 0.15) is 5.82 Å². The topological polar surface area (TPSA) is 55.8 Å². The van der Waals surface area contributed by atoms with Crippen LogP contribution in [0.4, 0.5) is 5.82 Å². The monoisotopic (exact) mass is 394 g/mol. The highest BCUT2D eigenvalue weighted by Gasteiger charge is 2.16. The van der Waals surface area contributed by atoms with Crippen LogP contribution < -0.4 is 15.5 Å². The van der Waals surface area contributed by atoms with Crippen molar-refractivity contribution in [2.45, 2.75) is 33.9 Å². The molecule has 156 valence electrons. The van der Waals surface area contributed by atoms with Crippen molar-refractivity contribution in [1.82, 2.24) is 20.5 Å². The van der Waals surface area contributed by atoms with Crippen LogP contribution in [0.15, 0.2) is 41.5 Å². The van der Waals surface area contributed by atoms with Gasteiger partial charge < -0.3 is 20.4 Å². The second-order valence-corrected chi connectivity index (χ2v) is 7.66. The highest BCUT2D eigenvalue weighted by Crippen LogP contribution is 2.14. The van der Waals surface area contributed by atoms with Crippen LogP contribution in [-0.4, -0.2) is 55.6 Å². The normalized spacial score (nSPS) is 15.4. The molecule has 0 spiro atoms. The average molecular weight is 395 g/mol. The van der Waals surface area contributed by atoms with Crippen LogP contribution in [0.5, 0.6) is 0 Å². The number of hydrogen-bond acceptors (Lipinski definition) is 4. The van der Waals surface area contributed by atoms with Crippen molar-refractivity contribution in [3.05, 3.63) is 58.8 Å². The molecule has 1 aromatic heterocycles. The molecule has 1 aliphatic heterocycles. The van der Waals surface area contributed by atoms with Crippen molar-refractivity contribution in [3.63, 3.8) is 0 Å². The summed E-state index contributed by atoms with van der Waals surface area (Å²) in [6, 6.07) is 10.8. The fourth-order valence-corrected chi connectivity index (χ4v) is 3.63. The third kappa shape index (κ3) is 5.94. The number of hydrogen-bond donors (Lipinski definition) is 2. The number of aliphatic imine (C=N–C) groups is 1. The van der Waals surface area contributed by atoms with E-state index in [0.29, 0.717) is 6.54 Å². The molecule has 2 heterocycles. The molecule has 0 amide bonds. The fourth-order valence-electron chi connectivity index (χ4n) is 3.63. The zero-order valence-electron chi connectivity index (χ0n) is 18.2. The van der Waals surface area contributed by atoms with Crippen LogP contribution in [0.2, 0.25) is 0 Å². The van der Waals surface area contributed by atoms with Crippen molar-refractivity contribution in [3.8, 4) is 0 Å². The molecule has 0 unspecified atom stereocenters. The predicted molar refractivity (Wildman–Crippen MR) is 122 cm³/mol. The molecule has 0 bridgehead atoms. The largest absolute Gasteiger partial charge is 0.354 e. The van der Waals surface area contributed by atoms with Crippen LogP contribution in [-0.2, 0) is 13.1 Å². The third-order valence-corrected chi connectivity index (χ3v) is 5.58. The molecule has 0 saturated carbocycles. The van der Waals surface area contributed by atoms with Crippen molar-refractivity contribution in [2.75, 3.05) is 44.7 Å². The van der Waals surface area contributed by atoms with E-state index in [2.05, 4.69) is 81.5 Å². The van der Waals surface area contributed by atoms with Crippen LogP contribution in [0, 0.1) is 13.8 Å². The zero-order chi connectivity index (χ0) is 20.6. The van der Waals surface area contributed by atoms with Gasteiger partial charge in [0.25, 0.3) is 0 Å². The molecular formula is C23H34N6. The van der Waals surface area contributed by atoms with E-state index >= 15 is 0 Å². The van der Waals surface area contributed by atoms with Gasteiger partial charge in [0.2, 0.25) is 0 Å². The summed E-state index contributed by atoms with van der Waals surface area (Å²) in [5, 5.41) is 6.77. The Balaban J connectivity index is 1.48. The summed E-state index contributed by atoms with van der Waals surface area (Å²) in [6.07, 6.45) is 1.96. The van der Waals surface area contributed by atoms with Crippen LogP contribution >= 0.6 is 0 Å². The van der Waals surface area contributed by atoms with Crippen LogP contribution in [0.25, 0.3) is 0 Å². The fraction of sp³-hybridized carbons (Fsp3) is 0.478. The first-order valence-corrected chi connectivity index (χ1v) is 10.5. The van der Waals surface area contributed by atoms with E-state index in [1.54, 1.807) is 7.05 Å². The summed E-state index contributed by atoms with van der Waals surface area (Å²) in [6.45, 7) is 13.4. The highest BCUT2D eigenvalue weighted by atomic mass is 15.3. The number of rotatable bonds is 6. The number of likely N-dealkylation sites (N-methyl/N-ethyl adjacent to an activating group) is 1. The molecule has 3 rings (SSSR count). The molecule has 1 fully saturated rings. The minimum absolute atomic E-state index is 0.698. The lowest BCUT2D eigenvalue weighted by Crippen LogP contribution is -2.46. The van der Waals surface area contributed by atoms with E-state index < -0.39 is 0 Å². The van der Waals surface area contributed by atoms with E-state index in [9.17, 15) is 0 Å². The molecule has 0 aliphatic carbocycles. The number of guanidine groups is 1. The maximum absolute atomic E-state index is 4.68. The van der Waals surface area contributed by atoms with E-state index in [-0.39, 0.29) is 0 Å². The Kier molecular flexibility index (Phi) is 7.47. The molecule has 2 aromatic rings. The number of aromatic nitrogens is 1. The summed E-state index contributed by atoms with van der Waals surface area (Å²) < 4.78 is 0. The van der Waals surface area contributed by atoms with E-state index in [4.69, 9.17) is 0 Å². The molecule has 1 aliphatic rings. The van der Waals surface area contributed by atoms with Gasteiger partial charge in [-0.15, -0.1) is 0 Å². The Morgan fingerprint density at radius 1 is 1.03 bits per heavy atom. The molecule has 29 heavy (non-hydrogen) atoms. The Labute approximate surface area is 175 Å². The number of pyridine rings is 1. The number of benzene rings is 1. The van der Waals surface area contributed by atoms with E-state index in [0.717, 1.165) is 56.6 Å². The summed E-state index contributed by atoms with van der Waals surface area (Å²) in [5.74, 6) is 1.87. The SMILES string of the molecule is CCN1CCN(c2ccc(CNC(=NC)NCc3ccc(C)cc3C)cn2)CC1. The molecule has 6 nitrogen and oxygen atoms in total. The van der Waals surface area contributed by atoms with E-state index in [1.165, 1.54) is 16.7 Å². The average Bonchev–Trinajstić information content (AvgIpc) is 2.75. The maximum Gasteiger partial charge on any atom is 0.191 e. The Bertz CT molecular complexity index is 807. The van der Waals surface area contributed by atoms with Gasteiger partial charge in [-0.05, 0) is 43.1 Å². The van der Waals surface area contributed by atoms with Crippen molar-refractivity contribution in [2.24, 2.45) is 4.99 Å². The van der Waals surface area contributed by atoms with Gasteiger partial charge in [0.05, 0.1) is 0 Å². The van der Waals surface area contributed by atoms with Gasteiger partial charge in [-0.2, -0.15) is 0 Å². The summed E-state index contributed by atoms with van der Waals surface area (Å²) >= 11 is 0. The molecule has 6 heteroatoms. The lowest BCUT2D eigenvalue weighted by Gasteiger charge is -2.34. The first kappa shape index (κ1) is 21.1. The van der Waals surface area contributed by atoms with Crippen LogP contribution in [0.3, 0.4) is 0 Å². The van der Waals surface area contributed by atoms with Crippen molar-refractivity contribution >= 4 is 11.8 Å². The Hall–Kier alpha value is -2.60. The summed E-state index contributed by atoms with van der Waals surface area (Å²) in [4.78, 5) is 13.9. The third-order valence-electron chi connectivity index (χ3n) is 5.58. The highest BCUT2D eigenvalue weighted by molar-refractivity contribution is 5.79. The van der Waals surface area contributed by atoms with Gasteiger partial charge >= 0.3 is 0 Å². The molecule has 1 saturated heterocycles. The quantitative estimate of drug-likeness (QED) is 0.583.